The molecule has 6 nitrogen and oxygen atoms in total. The van der Waals surface area contributed by atoms with Gasteiger partial charge in [0.15, 0.2) is 0 Å². The van der Waals surface area contributed by atoms with E-state index < -0.39 is 10.0 Å². The summed E-state index contributed by atoms with van der Waals surface area (Å²) in [6.45, 7) is 4.64. The Bertz CT molecular complexity index is 843. The normalized spacial score (nSPS) is 15.6. The Hall–Kier alpha value is -2.09. The Labute approximate surface area is 168 Å². The van der Waals surface area contributed by atoms with Crippen LogP contribution in [-0.4, -0.2) is 60.2 Å². The van der Waals surface area contributed by atoms with Crippen LogP contribution in [0.4, 0.5) is 5.69 Å². The first-order chi connectivity index (χ1) is 13.4. The van der Waals surface area contributed by atoms with Crippen LogP contribution in [0.15, 0.2) is 48.5 Å². The monoisotopic (exact) mass is 403 g/mol. The topological polar surface area (TPSA) is 61.9 Å². The molecule has 0 radical (unpaired) electrons. The third-order valence-corrected chi connectivity index (χ3v) is 6.41. The van der Waals surface area contributed by atoms with Crippen molar-refractivity contribution in [3.8, 4) is 5.75 Å². The second kappa shape index (κ2) is 9.41. The quantitative estimate of drug-likeness (QED) is 0.732. The molecule has 0 saturated carbocycles. The van der Waals surface area contributed by atoms with E-state index in [9.17, 15) is 8.42 Å². The summed E-state index contributed by atoms with van der Waals surface area (Å²) in [5.74, 6) is 0.688. The Morgan fingerprint density at radius 1 is 0.929 bits per heavy atom. The van der Waals surface area contributed by atoms with Gasteiger partial charge in [0.25, 0.3) is 0 Å². The second-order valence-electron chi connectivity index (χ2n) is 7.21. The summed E-state index contributed by atoms with van der Waals surface area (Å²) in [5, 5.41) is 0. The van der Waals surface area contributed by atoms with Crippen molar-refractivity contribution < 1.29 is 13.2 Å². The molecule has 0 amide bonds. The predicted octanol–water partition coefficient (Wildman–Crippen LogP) is 2.11. The maximum atomic E-state index is 12.3. The number of piperazine rings is 1. The lowest BCUT2D eigenvalue weighted by atomic mass is 10.1. The highest BCUT2D eigenvalue weighted by molar-refractivity contribution is 7.88. The van der Waals surface area contributed by atoms with Gasteiger partial charge in [-0.05, 0) is 48.9 Å². The maximum absolute atomic E-state index is 12.3. The van der Waals surface area contributed by atoms with Crippen molar-refractivity contribution in [2.24, 2.45) is 0 Å². The van der Waals surface area contributed by atoms with E-state index >= 15 is 0 Å². The van der Waals surface area contributed by atoms with Crippen LogP contribution in [0, 0.1) is 0 Å². The largest absolute Gasteiger partial charge is 0.497 e. The van der Waals surface area contributed by atoms with Gasteiger partial charge in [-0.15, -0.1) is 0 Å². The average Bonchev–Trinajstić information content (AvgIpc) is 2.69. The number of likely N-dealkylation sites (N-methyl/N-ethyl adjacent to an activating group) is 1. The van der Waals surface area contributed by atoms with Crippen molar-refractivity contribution in [2.75, 3.05) is 51.8 Å². The molecular weight excluding hydrogens is 374 g/mol. The zero-order valence-corrected chi connectivity index (χ0v) is 17.4. The minimum Gasteiger partial charge on any atom is -0.497 e. The van der Waals surface area contributed by atoms with E-state index in [0.717, 1.165) is 37.3 Å². The lowest BCUT2D eigenvalue weighted by Gasteiger charge is -2.34. The number of benzene rings is 2. The lowest BCUT2D eigenvalue weighted by Crippen LogP contribution is -2.44. The molecule has 0 atom stereocenters. The molecule has 1 aliphatic rings. The van der Waals surface area contributed by atoms with E-state index in [-0.39, 0.29) is 5.75 Å². The smallest absolute Gasteiger partial charge is 0.215 e. The van der Waals surface area contributed by atoms with Gasteiger partial charge in [-0.2, -0.15) is 0 Å². The molecule has 2 aromatic rings. The van der Waals surface area contributed by atoms with E-state index in [2.05, 4.69) is 45.8 Å². The molecule has 1 N–H and O–H groups in total. The number of methoxy groups -OCH3 is 1. The number of hydrogen-bond acceptors (Lipinski definition) is 5. The fraction of sp³-hybridized carbons (Fsp3) is 0.429. The van der Waals surface area contributed by atoms with Crippen molar-refractivity contribution in [3.63, 3.8) is 0 Å². The van der Waals surface area contributed by atoms with Crippen LogP contribution in [0.3, 0.4) is 0 Å². The SMILES string of the molecule is COc1ccc(CS(=O)(=O)NCCc2ccc(N3CCN(C)CC3)cc2)cc1. The molecule has 0 aromatic heterocycles. The number of hydrogen-bond donors (Lipinski definition) is 1. The van der Waals surface area contributed by atoms with Crippen molar-refractivity contribution in [1.82, 2.24) is 9.62 Å². The zero-order valence-electron chi connectivity index (χ0n) is 16.6. The van der Waals surface area contributed by atoms with Gasteiger partial charge in [-0.25, -0.2) is 13.1 Å². The standard InChI is InChI=1S/C21H29N3O3S/c1-23-13-15-24(16-14-23)20-7-3-18(4-8-20)11-12-22-28(25,26)17-19-5-9-21(27-2)10-6-19/h3-10,22H,11-17H2,1-2H3. The van der Waals surface area contributed by atoms with Crippen molar-refractivity contribution in [3.05, 3.63) is 59.7 Å². The summed E-state index contributed by atoms with van der Waals surface area (Å²) >= 11 is 0. The number of nitrogens with zero attached hydrogens (tertiary/aromatic N) is 2. The first-order valence-corrected chi connectivity index (χ1v) is 11.2. The van der Waals surface area contributed by atoms with Gasteiger partial charge >= 0.3 is 0 Å². The zero-order chi connectivity index (χ0) is 20.0. The molecular formula is C21H29N3O3S. The van der Waals surface area contributed by atoms with Crippen LogP contribution in [0.5, 0.6) is 5.75 Å². The Kier molecular flexibility index (Phi) is 6.93. The minimum atomic E-state index is -3.36. The highest BCUT2D eigenvalue weighted by Crippen LogP contribution is 2.17. The Morgan fingerprint density at radius 3 is 2.14 bits per heavy atom. The number of nitrogens with one attached hydrogen (secondary N) is 1. The number of rotatable bonds is 8. The lowest BCUT2D eigenvalue weighted by molar-refractivity contribution is 0.313. The summed E-state index contributed by atoms with van der Waals surface area (Å²) in [7, 11) is 0.379. The van der Waals surface area contributed by atoms with Crippen molar-refractivity contribution in [1.29, 1.82) is 0 Å². The van der Waals surface area contributed by atoms with E-state index in [1.165, 1.54) is 5.69 Å². The van der Waals surface area contributed by atoms with Gasteiger partial charge in [0, 0.05) is 38.4 Å². The van der Waals surface area contributed by atoms with Crippen LogP contribution in [-0.2, 0) is 22.2 Å². The predicted molar refractivity (Wildman–Crippen MR) is 113 cm³/mol. The molecule has 28 heavy (non-hydrogen) atoms. The summed E-state index contributed by atoms with van der Waals surface area (Å²) in [5.41, 5.74) is 3.10. The summed E-state index contributed by atoms with van der Waals surface area (Å²) < 4.78 is 32.3. The van der Waals surface area contributed by atoms with Crippen molar-refractivity contribution in [2.45, 2.75) is 12.2 Å². The number of ether oxygens (including phenoxy) is 1. The van der Waals surface area contributed by atoms with E-state index in [1.54, 1.807) is 31.4 Å². The van der Waals surface area contributed by atoms with Gasteiger partial charge in [0.05, 0.1) is 12.9 Å². The summed E-state index contributed by atoms with van der Waals surface area (Å²) in [6, 6.07) is 15.5. The highest BCUT2D eigenvalue weighted by atomic mass is 32.2. The third kappa shape index (κ3) is 5.95. The van der Waals surface area contributed by atoms with Crippen LogP contribution in [0.2, 0.25) is 0 Å². The fourth-order valence-corrected chi connectivity index (χ4v) is 4.43. The molecule has 0 spiro atoms. The van der Waals surface area contributed by atoms with E-state index in [4.69, 9.17) is 4.74 Å². The number of sulfonamides is 1. The molecule has 1 heterocycles. The van der Waals surface area contributed by atoms with Gasteiger partial charge in [0.2, 0.25) is 10.0 Å². The molecule has 0 bridgehead atoms. The third-order valence-electron chi connectivity index (χ3n) is 5.06. The van der Waals surface area contributed by atoms with E-state index in [1.807, 2.05) is 0 Å². The first-order valence-electron chi connectivity index (χ1n) is 9.58. The summed E-state index contributed by atoms with van der Waals surface area (Å²) in [4.78, 5) is 4.73. The van der Waals surface area contributed by atoms with Gasteiger partial charge in [0.1, 0.15) is 5.75 Å². The van der Waals surface area contributed by atoms with Crippen molar-refractivity contribution >= 4 is 15.7 Å². The average molecular weight is 404 g/mol. The summed E-state index contributed by atoms with van der Waals surface area (Å²) in [6.07, 6.45) is 0.671. The number of anilines is 1. The first kappa shape index (κ1) is 20.6. The van der Waals surface area contributed by atoms with E-state index in [0.29, 0.717) is 18.7 Å². The molecule has 3 rings (SSSR count). The molecule has 0 unspecified atom stereocenters. The fourth-order valence-electron chi connectivity index (χ4n) is 3.28. The van der Waals surface area contributed by atoms with Crippen LogP contribution >= 0.6 is 0 Å². The van der Waals surface area contributed by atoms with Gasteiger partial charge in [-0.1, -0.05) is 24.3 Å². The van der Waals surface area contributed by atoms with Crippen LogP contribution < -0.4 is 14.4 Å². The molecule has 1 aliphatic heterocycles. The Balaban J connectivity index is 1.47. The van der Waals surface area contributed by atoms with Crippen LogP contribution in [0.1, 0.15) is 11.1 Å². The molecule has 1 saturated heterocycles. The minimum absolute atomic E-state index is 0.0284. The van der Waals surface area contributed by atoms with Gasteiger partial charge in [-0.3, -0.25) is 0 Å². The second-order valence-corrected chi connectivity index (χ2v) is 9.02. The molecule has 152 valence electrons. The highest BCUT2D eigenvalue weighted by Gasteiger charge is 2.14. The van der Waals surface area contributed by atoms with Gasteiger partial charge < -0.3 is 14.5 Å². The van der Waals surface area contributed by atoms with Crippen LogP contribution in [0.25, 0.3) is 0 Å². The molecule has 1 fully saturated rings. The molecule has 0 aliphatic carbocycles. The maximum Gasteiger partial charge on any atom is 0.215 e. The molecule has 2 aromatic carbocycles. The molecule has 7 heteroatoms. The Morgan fingerprint density at radius 2 is 1.54 bits per heavy atom.